The molecule has 0 bridgehead atoms. The van der Waals surface area contributed by atoms with Gasteiger partial charge in [-0.3, -0.25) is 14.1 Å². The van der Waals surface area contributed by atoms with E-state index >= 15 is 0 Å². The third-order valence-corrected chi connectivity index (χ3v) is 4.67. The lowest BCUT2D eigenvalue weighted by Gasteiger charge is -2.06. The number of aromatic amines is 1. The first-order chi connectivity index (χ1) is 13.4. The van der Waals surface area contributed by atoms with Crippen LogP contribution in [0.15, 0.2) is 67.8 Å². The first-order valence-electron chi connectivity index (χ1n) is 8.42. The number of benzene rings is 1. The average Bonchev–Trinajstić information content (AvgIpc) is 3.44. The minimum absolute atomic E-state index is 0.672. The fourth-order valence-corrected chi connectivity index (χ4v) is 3.35. The van der Waals surface area contributed by atoms with Crippen LogP contribution in [0.2, 0.25) is 0 Å². The molecule has 0 saturated heterocycles. The highest BCUT2D eigenvalue weighted by Gasteiger charge is 2.11. The number of nitrogens with one attached hydrogen (secondary N) is 1. The Hall–Kier alpha value is -4.07. The summed E-state index contributed by atoms with van der Waals surface area (Å²) in [7, 11) is 0. The van der Waals surface area contributed by atoms with Crippen molar-refractivity contribution in [1.29, 1.82) is 0 Å². The second-order valence-electron chi connectivity index (χ2n) is 6.21. The van der Waals surface area contributed by atoms with Gasteiger partial charge >= 0.3 is 0 Å². The number of pyridine rings is 2. The Morgan fingerprint density at radius 3 is 2.78 bits per heavy atom. The molecule has 6 aromatic rings. The van der Waals surface area contributed by atoms with Gasteiger partial charge in [-0.05, 0) is 36.4 Å². The molecule has 0 aliphatic heterocycles. The van der Waals surface area contributed by atoms with Crippen molar-refractivity contribution in [2.24, 2.45) is 0 Å². The van der Waals surface area contributed by atoms with Gasteiger partial charge in [-0.2, -0.15) is 0 Å². The van der Waals surface area contributed by atoms with Crippen molar-refractivity contribution in [2.45, 2.75) is 0 Å². The summed E-state index contributed by atoms with van der Waals surface area (Å²) in [4.78, 5) is 25.1. The van der Waals surface area contributed by atoms with Crippen LogP contribution in [-0.2, 0) is 0 Å². The molecule has 5 heterocycles. The number of hydrogen-bond donors (Lipinski definition) is 1. The van der Waals surface area contributed by atoms with E-state index < -0.39 is 0 Å². The maximum Gasteiger partial charge on any atom is 0.180 e. The summed E-state index contributed by atoms with van der Waals surface area (Å²) in [6, 6.07) is 12.0. The van der Waals surface area contributed by atoms with Crippen LogP contribution in [0.1, 0.15) is 0 Å². The fourth-order valence-electron chi connectivity index (χ4n) is 3.35. The lowest BCUT2D eigenvalue weighted by atomic mass is 10.2. The van der Waals surface area contributed by atoms with Crippen LogP contribution in [0.25, 0.3) is 44.7 Å². The molecule has 0 spiro atoms. The first-order valence-corrected chi connectivity index (χ1v) is 8.42. The van der Waals surface area contributed by atoms with E-state index in [9.17, 15) is 0 Å². The zero-order valence-electron chi connectivity index (χ0n) is 14.0. The van der Waals surface area contributed by atoms with Gasteiger partial charge < -0.3 is 4.98 Å². The summed E-state index contributed by atoms with van der Waals surface area (Å²) in [6.45, 7) is 0. The van der Waals surface area contributed by atoms with Gasteiger partial charge in [0.2, 0.25) is 0 Å². The first kappa shape index (κ1) is 14.1. The number of hydrogen-bond acceptors (Lipinski definition) is 5. The molecule has 0 fully saturated rings. The molecule has 0 atom stereocenters. The van der Waals surface area contributed by atoms with E-state index in [0.717, 1.165) is 39.1 Å². The van der Waals surface area contributed by atoms with Crippen molar-refractivity contribution >= 4 is 33.2 Å². The lowest BCUT2D eigenvalue weighted by molar-refractivity contribution is 1.03. The minimum Gasteiger partial charge on any atom is -0.345 e. The maximum atomic E-state index is 4.72. The minimum atomic E-state index is 0.672. The van der Waals surface area contributed by atoms with E-state index in [1.807, 2.05) is 45.5 Å². The lowest BCUT2D eigenvalue weighted by Crippen LogP contribution is -1.97. The monoisotopic (exact) mass is 352 g/mol. The molecule has 5 aromatic heterocycles. The third-order valence-electron chi connectivity index (χ3n) is 4.67. The molecule has 1 N–H and O–H groups in total. The van der Waals surface area contributed by atoms with E-state index in [2.05, 4.69) is 24.9 Å². The molecule has 27 heavy (non-hydrogen) atoms. The number of aromatic nitrogens is 8. The molecule has 8 heteroatoms. The summed E-state index contributed by atoms with van der Waals surface area (Å²) in [5, 5.41) is 0. The Bertz CT molecular complexity index is 1440. The summed E-state index contributed by atoms with van der Waals surface area (Å²) in [6.07, 6.45) is 8.72. The van der Waals surface area contributed by atoms with Crippen molar-refractivity contribution in [3.63, 3.8) is 0 Å². The maximum absolute atomic E-state index is 4.72. The van der Waals surface area contributed by atoms with E-state index in [4.69, 9.17) is 4.98 Å². The normalized spacial score (nSPS) is 11.7. The molecule has 0 unspecified atom stereocenters. The van der Waals surface area contributed by atoms with Crippen LogP contribution in [0, 0.1) is 0 Å². The van der Waals surface area contributed by atoms with E-state index in [0.29, 0.717) is 5.65 Å². The SMILES string of the molecule is c1cc2c(cn1)ncn2-c1ccc2c(ncn2-c2ccc3[nH]cnc3c2)n1. The van der Waals surface area contributed by atoms with Crippen molar-refractivity contribution in [3.05, 3.63) is 67.8 Å². The molecule has 128 valence electrons. The standard InChI is InChI=1S/C19H12N8/c1-2-13-14(22-9-21-13)7-12(1)26-11-24-19-17(26)3-4-18(25-19)27-10-23-15-8-20-6-5-16(15)27/h1-11H,(H,21,22). The highest BCUT2D eigenvalue weighted by molar-refractivity contribution is 5.81. The van der Waals surface area contributed by atoms with Crippen molar-refractivity contribution < 1.29 is 0 Å². The van der Waals surface area contributed by atoms with Crippen molar-refractivity contribution in [3.8, 4) is 11.5 Å². The molecule has 0 amide bonds. The zero-order chi connectivity index (χ0) is 17.8. The molecular weight excluding hydrogens is 340 g/mol. The quantitative estimate of drug-likeness (QED) is 0.517. The van der Waals surface area contributed by atoms with Gasteiger partial charge in [0.25, 0.3) is 0 Å². The predicted octanol–water partition coefficient (Wildman–Crippen LogP) is 3.03. The summed E-state index contributed by atoms with van der Waals surface area (Å²) < 4.78 is 3.95. The van der Waals surface area contributed by atoms with Crippen molar-refractivity contribution in [1.82, 2.24) is 39.0 Å². The molecule has 1 aromatic carbocycles. The molecular formula is C19H12N8. The van der Waals surface area contributed by atoms with Gasteiger partial charge in [-0.15, -0.1) is 0 Å². The summed E-state index contributed by atoms with van der Waals surface area (Å²) >= 11 is 0. The van der Waals surface area contributed by atoms with Gasteiger partial charge in [-0.25, -0.2) is 19.9 Å². The molecule has 6 rings (SSSR count). The Morgan fingerprint density at radius 1 is 0.815 bits per heavy atom. The number of nitrogens with zero attached hydrogens (tertiary/aromatic N) is 7. The average molecular weight is 352 g/mol. The molecule has 8 nitrogen and oxygen atoms in total. The third kappa shape index (κ3) is 2.07. The topological polar surface area (TPSA) is 90.1 Å². The smallest absolute Gasteiger partial charge is 0.180 e. The van der Waals surface area contributed by atoms with E-state index in [-0.39, 0.29) is 0 Å². The number of fused-ring (bicyclic) bond motifs is 3. The second-order valence-corrected chi connectivity index (χ2v) is 6.21. The predicted molar refractivity (Wildman–Crippen MR) is 101 cm³/mol. The van der Waals surface area contributed by atoms with Crippen LogP contribution in [0.5, 0.6) is 0 Å². The Kier molecular flexibility index (Phi) is 2.73. The highest BCUT2D eigenvalue weighted by atomic mass is 15.1. The zero-order valence-corrected chi connectivity index (χ0v) is 14.0. The number of imidazole rings is 3. The summed E-state index contributed by atoms with van der Waals surface area (Å²) in [5.74, 6) is 0.768. The van der Waals surface area contributed by atoms with E-state index in [1.54, 1.807) is 31.4 Å². The molecule has 0 saturated carbocycles. The van der Waals surface area contributed by atoms with Gasteiger partial charge in [0.05, 0.1) is 34.6 Å². The van der Waals surface area contributed by atoms with Crippen LogP contribution in [-0.4, -0.2) is 39.0 Å². The van der Waals surface area contributed by atoms with E-state index in [1.165, 1.54) is 0 Å². The van der Waals surface area contributed by atoms with Crippen LogP contribution >= 0.6 is 0 Å². The van der Waals surface area contributed by atoms with Gasteiger partial charge in [0, 0.05) is 11.9 Å². The highest BCUT2D eigenvalue weighted by Crippen LogP contribution is 2.22. The molecule has 0 aliphatic carbocycles. The van der Waals surface area contributed by atoms with Gasteiger partial charge in [0.15, 0.2) is 5.65 Å². The Balaban J connectivity index is 1.50. The second kappa shape index (κ2) is 5.21. The van der Waals surface area contributed by atoms with Crippen LogP contribution in [0.4, 0.5) is 0 Å². The summed E-state index contributed by atoms with van der Waals surface area (Å²) in [5.41, 5.74) is 6.30. The number of H-pyrrole nitrogens is 1. The molecule has 0 radical (unpaired) electrons. The Labute approximate surface area is 152 Å². The Morgan fingerprint density at radius 2 is 1.78 bits per heavy atom. The van der Waals surface area contributed by atoms with Gasteiger partial charge in [-0.1, -0.05) is 0 Å². The van der Waals surface area contributed by atoms with Crippen molar-refractivity contribution in [2.75, 3.05) is 0 Å². The fraction of sp³-hybridized carbons (Fsp3) is 0. The van der Waals surface area contributed by atoms with Crippen LogP contribution in [0.3, 0.4) is 0 Å². The largest absolute Gasteiger partial charge is 0.345 e. The van der Waals surface area contributed by atoms with Crippen LogP contribution < -0.4 is 0 Å². The number of rotatable bonds is 2. The molecule has 0 aliphatic rings. The van der Waals surface area contributed by atoms with Gasteiger partial charge in [0.1, 0.15) is 24.0 Å².